The molecular formula is C54H37N5Pt. The van der Waals surface area contributed by atoms with E-state index < -0.39 is 0 Å². The summed E-state index contributed by atoms with van der Waals surface area (Å²) in [5, 5.41) is 2.26. The number of para-hydroxylation sites is 5. The second-order valence-corrected chi connectivity index (χ2v) is 14.7. The van der Waals surface area contributed by atoms with Crippen molar-refractivity contribution in [2.45, 2.75) is 0 Å². The second kappa shape index (κ2) is 15.9. The summed E-state index contributed by atoms with van der Waals surface area (Å²) in [6, 6.07) is 80.3. The van der Waals surface area contributed by atoms with Crippen LogP contribution in [0.1, 0.15) is 0 Å². The summed E-state index contributed by atoms with van der Waals surface area (Å²) in [5.74, 6) is 0.834. The molecule has 288 valence electrons. The van der Waals surface area contributed by atoms with Gasteiger partial charge in [-0.3, -0.25) is 0 Å². The van der Waals surface area contributed by atoms with Gasteiger partial charge in [-0.05, 0) is 82.2 Å². The van der Waals surface area contributed by atoms with Crippen LogP contribution in [-0.4, -0.2) is 16.2 Å². The van der Waals surface area contributed by atoms with Gasteiger partial charge in [0.2, 0.25) is 0 Å². The van der Waals surface area contributed by atoms with Crippen molar-refractivity contribution in [3.8, 4) is 28.1 Å². The van der Waals surface area contributed by atoms with Crippen LogP contribution in [0.5, 0.6) is 0 Å². The summed E-state index contributed by atoms with van der Waals surface area (Å²) in [6.07, 6.45) is 1.92. The molecule has 0 aliphatic carbocycles. The summed E-state index contributed by atoms with van der Waals surface area (Å²) in [7, 11) is 0. The topological polar surface area (TPSA) is 27.5 Å². The summed E-state index contributed by atoms with van der Waals surface area (Å²) < 4.78 is 2.26. The molecule has 0 fully saturated rings. The Kier molecular flexibility index (Phi) is 9.81. The van der Waals surface area contributed by atoms with E-state index in [9.17, 15) is 0 Å². The molecule has 0 atom stereocenters. The fourth-order valence-electron chi connectivity index (χ4n) is 8.53. The van der Waals surface area contributed by atoms with E-state index in [1.54, 1.807) is 0 Å². The third-order valence-corrected chi connectivity index (χ3v) is 11.2. The number of pyridine rings is 1. The number of fused-ring (bicyclic) bond motifs is 4. The van der Waals surface area contributed by atoms with E-state index in [1.807, 2.05) is 6.20 Å². The van der Waals surface area contributed by atoms with Crippen LogP contribution in [0.15, 0.2) is 212 Å². The molecule has 5 nitrogen and oxygen atoms in total. The number of hydrogen-bond acceptors (Lipinski definition) is 4. The first-order chi connectivity index (χ1) is 29.3. The molecule has 1 aliphatic rings. The fraction of sp³-hybridized carbons (Fsp3) is 0.0185. The van der Waals surface area contributed by atoms with Gasteiger partial charge in [-0.2, -0.15) is 12.1 Å². The molecule has 2 aromatic heterocycles. The van der Waals surface area contributed by atoms with Crippen LogP contribution in [0.3, 0.4) is 0 Å². The third-order valence-electron chi connectivity index (χ3n) is 11.2. The molecule has 6 heteroatoms. The van der Waals surface area contributed by atoms with E-state index >= 15 is 0 Å². The molecule has 0 saturated heterocycles. The smallest absolute Gasteiger partial charge is 0.358 e. The SMILES string of the molecule is [Pt+2].[c-]1c(N2CN(c3ccccc3)c3ccccc32)cccc1N(c1[c-]c2c(cc1)c1ccccc1n2-c1cc(-c2ccccc2-c2ccccc2)ccn1)c1ccccc1. The van der Waals surface area contributed by atoms with E-state index in [2.05, 4.69) is 238 Å². The number of rotatable bonds is 8. The molecule has 3 heterocycles. The van der Waals surface area contributed by atoms with Gasteiger partial charge in [0.1, 0.15) is 5.82 Å². The normalized spacial score (nSPS) is 12.1. The summed E-state index contributed by atoms with van der Waals surface area (Å²) in [5.41, 5.74) is 14.0. The van der Waals surface area contributed by atoms with Gasteiger partial charge in [-0.1, -0.05) is 144 Å². The van der Waals surface area contributed by atoms with Gasteiger partial charge < -0.3 is 19.3 Å². The van der Waals surface area contributed by atoms with Crippen molar-refractivity contribution in [3.05, 3.63) is 225 Å². The molecule has 0 radical (unpaired) electrons. The minimum Gasteiger partial charge on any atom is -0.358 e. The molecule has 0 unspecified atom stereocenters. The Bertz CT molecular complexity index is 3110. The molecule has 0 spiro atoms. The van der Waals surface area contributed by atoms with Crippen LogP contribution in [-0.2, 0) is 21.1 Å². The molecule has 0 bridgehead atoms. The zero-order chi connectivity index (χ0) is 39.1. The van der Waals surface area contributed by atoms with Crippen LogP contribution >= 0.6 is 0 Å². The molecule has 11 rings (SSSR count). The maximum Gasteiger partial charge on any atom is 2.00 e. The molecule has 1 aliphatic heterocycles. The quantitative estimate of drug-likeness (QED) is 0.142. The van der Waals surface area contributed by atoms with Crippen molar-refractivity contribution in [1.29, 1.82) is 0 Å². The van der Waals surface area contributed by atoms with Gasteiger partial charge in [0.05, 0.1) is 18.0 Å². The van der Waals surface area contributed by atoms with E-state index in [-0.39, 0.29) is 21.1 Å². The molecule has 60 heavy (non-hydrogen) atoms. The van der Waals surface area contributed by atoms with Crippen molar-refractivity contribution < 1.29 is 21.1 Å². The number of benzene rings is 8. The largest absolute Gasteiger partial charge is 2.00 e. The van der Waals surface area contributed by atoms with Gasteiger partial charge in [-0.15, -0.1) is 35.7 Å². The predicted molar refractivity (Wildman–Crippen MR) is 244 cm³/mol. The minimum absolute atomic E-state index is 0. The second-order valence-electron chi connectivity index (χ2n) is 14.7. The van der Waals surface area contributed by atoms with E-state index in [0.29, 0.717) is 6.67 Å². The van der Waals surface area contributed by atoms with Crippen LogP contribution < -0.4 is 14.7 Å². The number of aromatic nitrogens is 2. The molecule has 0 amide bonds. The Morgan fingerprint density at radius 3 is 1.90 bits per heavy atom. The number of anilines is 7. The van der Waals surface area contributed by atoms with Crippen molar-refractivity contribution >= 4 is 61.6 Å². The summed E-state index contributed by atoms with van der Waals surface area (Å²) in [4.78, 5) is 12.0. The first kappa shape index (κ1) is 37.1. The van der Waals surface area contributed by atoms with E-state index in [4.69, 9.17) is 4.98 Å². The predicted octanol–water partition coefficient (Wildman–Crippen LogP) is 13.8. The molecule has 10 aromatic rings. The summed E-state index contributed by atoms with van der Waals surface area (Å²) in [6.45, 7) is 0.675. The molecular weight excluding hydrogens is 914 g/mol. The average Bonchev–Trinajstić information content (AvgIpc) is 3.87. The minimum atomic E-state index is 0. The summed E-state index contributed by atoms with van der Waals surface area (Å²) >= 11 is 0. The molecule has 8 aromatic carbocycles. The first-order valence-electron chi connectivity index (χ1n) is 19.9. The maximum absolute atomic E-state index is 5.02. The van der Waals surface area contributed by atoms with Gasteiger partial charge >= 0.3 is 21.1 Å². The van der Waals surface area contributed by atoms with E-state index in [0.717, 1.165) is 72.9 Å². The average molecular weight is 951 g/mol. The zero-order valence-electron chi connectivity index (χ0n) is 32.5. The Balaban J connectivity index is 0.00000433. The molecule has 0 saturated carbocycles. The Hall–Kier alpha value is -7.20. The number of hydrogen-bond donors (Lipinski definition) is 0. The third kappa shape index (κ3) is 6.54. The Morgan fingerprint density at radius 2 is 1.12 bits per heavy atom. The van der Waals surface area contributed by atoms with Crippen molar-refractivity contribution in [2.24, 2.45) is 0 Å². The monoisotopic (exact) mass is 950 g/mol. The Morgan fingerprint density at radius 1 is 0.483 bits per heavy atom. The number of nitrogens with zero attached hydrogens (tertiary/aromatic N) is 5. The first-order valence-corrected chi connectivity index (χ1v) is 19.9. The maximum atomic E-state index is 5.02. The van der Waals surface area contributed by atoms with Crippen molar-refractivity contribution in [2.75, 3.05) is 21.4 Å². The Labute approximate surface area is 364 Å². The van der Waals surface area contributed by atoms with Crippen molar-refractivity contribution in [1.82, 2.24) is 9.55 Å². The standard InChI is InChI=1S/C54H37N5.Pt/c1-4-17-39(18-5-1)46-25-10-11-26-47(46)40-33-34-55-54(35-40)59-50-28-13-12-27-48(50)49-32-31-45(37-53(49)59)58(42-21-8-3-9-22-42)44-24-16-23-43(36-44)57-38-56(41-19-6-2-7-20-41)51-29-14-15-30-52(51)57;/h1-35H,38H2;/q-2;+2. The van der Waals surface area contributed by atoms with E-state index in [1.165, 1.54) is 16.8 Å². The van der Waals surface area contributed by atoms with Gasteiger partial charge in [0, 0.05) is 23.1 Å². The van der Waals surface area contributed by atoms with Crippen LogP contribution in [0.2, 0.25) is 0 Å². The van der Waals surface area contributed by atoms with Crippen LogP contribution in [0, 0.1) is 12.1 Å². The van der Waals surface area contributed by atoms with Crippen molar-refractivity contribution in [3.63, 3.8) is 0 Å². The molecule has 0 N–H and O–H groups in total. The van der Waals surface area contributed by atoms with Gasteiger partial charge in [0.15, 0.2) is 0 Å². The fourth-order valence-corrected chi connectivity index (χ4v) is 8.53. The van der Waals surface area contributed by atoms with Gasteiger partial charge in [-0.25, -0.2) is 4.98 Å². The van der Waals surface area contributed by atoms with Gasteiger partial charge in [0.25, 0.3) is 0 Å². The van der Waals surface area contributed by atoms with Crippen LogP contribution in [0.25, 0.3) is 49.9 Å². The van der Waals surface area contributed by atoms with Crippen LogP contribution in [0.4, 0.5) is 39.8 Å². The zero-order valence-corrected chi connectivity index (χ0v) is 34.7.